The molecule has 2 aromatic rings. The Kier molecular flexibility index (Phi) is 9.02. The van der Waals surface area contributed by atoms with Crippen LogP contribution in [0.5, 0.6) is 0 Å². The number of imidazole rings is 1. The monoisotopic (exact) mass is 283 g/mol. The molecule has 7 heteroatoms. The van der Waals surface area contributed by atoms with E-state index in [9.17, 15) is 4.79 Å². The molecule has 0 aliphatic heterocycles. The second kappa shape index (κ2) is 9.96. The van der Waals surface area contributed by atoms with E-state index in [1.165, 1.54) is 12.7 Å². The number of nitrogens with one attached hydrogen (secondary N) is 2. The summed E-state index contributed by atoms with van der Waals surface area (Å²) in [5, 5.41) is 11.6. The van der Waals surface area contributed by atoms with Gasteiger partial charge in [0.15, 0.2) is 11.2 Å². The molecule has 7 nitrogen and oxygen atoms in total. The fraction of sp³-hybridized carbons (Fsp3) is 0.615. The summed E-state index contributed by atoms with van der Waals surface area (Å²) in [6, 6.07) is 0. The van der Waals surface area contributed by atoms with Crippen LogP contribution < -0.4 is 10.9 Å². The van der Waals surface area contributed by atoms with Crippen LogP contribution >= 0.6 is 0 Å². The number of fused-ring (bicyclic) bond motifs is 1. The molecule has 0 aromatic carbocycles. The predicted octanol–water partition coefficient (Wildman–Crippen LogP) is 1.50. The SMILES string of the molecule is CC.CCC.Cn1c(NCCO)nc2nc[nH]c(=O)c21. The minimum absolute atomic E-state index is 0.00694. The molecule has 0 saturated heterocycles. The van der Waals surface area contributed by atoms with Crippen molar-refractivity contribution in [3.8, 4) is 0 Å². The lowest BCUT2D eigenvalue weighted by atomic mass is 10.5. The fourth-order valence-electron chi connectivity index (χ4n) is 1.37. The smallest absolute Gasteiger partial charge is 0.277 e. The van der Waals surface area contributed by atoms with Gasteiger partial charge in [-0.15, -0.1) is 0 Å². The third kappa shape index (κ3) is 4.65. The summed E-state index contributed by atoms with van der Waals surface area (Å²) in [5.41, 5.74) is 0.576. The first kappa shape index (κ1) is 18.1. The fourth-order valence-corrected chi connectivity index (χ4v) is 1.37. The van der Waals surface area contributed by atoms with Crippen LogP contribution in [0, 0.1) is 0 Å². The lowest BCUT2D eigenvalue weighted by Gasteiger charge is -2.02. The summed E-state index contributed by atoms with van der Waals surface area (Å²) in [6.45, 7) is 8.64. The third-order valence-corrected chi connectivity index (χ3v) is 2.07. The van der Waals surface area contributed by atoms with Gasteiger partial charge in [0, 0.05) is 13.6 Å². The Bertz CT molecular complexity index is 547. The number of aliphatic hydroxyl groups excluding tert-OH is 1. The molecule has 0 saturated carbocycles. The number of aryl methyl sites for hydroxylation is 1. The number of aromatic amines is 1. The largest absolute Gasteiger partial charge is 0.395 e. The second-order valence-corrected chi connectivity index (χ2v) is 3.76. The van der Waals surface area contributed by atoms with Crippen molar-refractivity contribution in [2.24, 2.45) is 7.05 Å². The Balaban J connectivity index is 0.000000641. The van der Waals surface area contributed by atoms with Gasteiger partial charge in [-0.3, -0.25) is 4.79 Å². The van der Waals surface area contributed by atoms with Crippen molar-refractivity contribution in [1.29, 1.82) is 0 Å². The van der Waals surface area contributed by atoms with Crippen molar-refractivity contribution in [1.82, 2.24) is 19.5 Å². The van der Waals surface area contributed by atoms with E-state index in [1.54, 1.807) is 11.6 Å². The first-order valence-corrected chi connectivity index (χ1v) is 6.90. The Morgan fingerprint density at radius 1 is 1.40 bits per heavy atom. The van der Waals surface area contributed by atoms with E-state index in [0.29, 0.717) is 23.7 Å². The number of aliphatic hydroxyl groups is 1. The van der Waals surface area contributed by atoms with E-state index >= 15 is 0 Å². The Morgan fingerprint density at radius 3 is 2.50 bits per heavy atom. The van der Waals surface area contributed by atoms with Crippen molar-refractivity contribution < 1.29 is 5.11 Å². The molecule has 0 bridgehead atoms. The summed E-state index contributed by atoms with van der Waals surface area (Å²) in [4.78, 5) is 22.0. The van der Waals surface area contributed by atoms with Crippen LogP contribution in [0.25, 0.3) is 11.2 Å². The topological polar surface area (TPSA) is 95.8 Å². The van der Waals surface area contributed by atoms with Crippen LogP contribution in [0.2, 0.25) is 0 Å². The van der Waals surface area contributed by atoms with Crippen LogP contribution in [-0.2, 0) is 7.05 Å². The van der Waals surface area contributed by atoms with E-state index in [1.807, 2.05) is 13.8 Å². The van der Waals surface area contributed by atoms with E-state index in [2.05, 4.69) is 34.1 Å². The molecule has 0 aliphatic rings. The van der Waals surface area contributed by atoms with Gasteiger partial charge in [-0.25, -0.2) is 4.98 Å². The summed E-state index contributed by atoms with van der Waals surface area (Å²) in [7, 11) is 1.71. The zero-order chi connectivity index (χ0) is 15.5. The van der Waals surface area contributed by atoms with E-state index in [4.69, 9.17) is 5.11 Å². The molecule has 0 radical (unpaired) electrons. The number of H-pyrrole nitrogens is 1. The van der Waals surface area contributed by atoms with Gasteiger partial charge in [-0.05, 0) is 0 Å². The number of anilines is 1. The maximum Gasteiger partial charge on any atom is 0.277 e. The molecule has 2 rings (SSSR count). The van der Waals surface area contributed by atoms with Crippen LogP contribution in [-0.4, -0.2) is 37.8 Å². The first-order valence-electron chi connectivity index (χ1n) is 6.90. The van der Waals surface area contributed by atoms with E-state index in [-0.39, 0.29) is 12.2 Å². The van der Waals surface area contributed by atoms with Crippen LogP contribution in [0.1, 0.15) is 34.1 Å². The molecule has 0 unspecified atom stereocenters. The van der Waals surface area contributed by atoms with Gasteiger partial charge in [0.05, 0.1) is 12.9 Å². The molecule has 0 fully saturated rings. The summed E-state index contributed by atoms with van der Waals surface area (Å²) < 4.78 is 1.61. The highest BCUT2D eigenvalue weighted by atomic mass is 16.3. The molecular weight excluding hydrogens is 258 g/mol. The summed E-state index contributed by atoms with van der Waals surface area (Å²) in [6.07, 6.45) is 2.56. The van der Waals surface area contributed by atoms with Crippen molar-refractivity contribution >= 4 is 17.1 Å². The molecule has 0 spiro atoms. The Hall–Kier alpha value is -1.89. The molecule has 0 amide bonds. The predicted molar refractivity (Wildman–Crippen MR) is 82.0 cm³/mol. The lowest BCUT2D eigenvalue weighted by Crippen LogP contribution is -2.12. The van der Waals surface area contributed by atoms with Crippen molar-refractivity contribution in [3.05, 3.63) is 16.7 Å². The number of hydrogen-bond donors (Lipinski definition) is 3. The Morgan fingerprint density at radius 2 is 2.00 bits per heavy atom. The van der Waals surface area contributed by atoms with Gasteiger partial charge in [0.25, 0.3) is 5.56 Å². The summed E-state index contributed by atoms with van der Waals surface area (Å²) in [5.74, 6) is 0.517. The summed E-state index contributed by atoms with van der Waals surface area (Å²) >= 11 is 0. The van der Waals surface area contributed by atoms with Gasteiger partial charge < -0.3 is 20.0 Å². The average Bonchev–Trinajstić information content (AvgIpc) is 2.77. The minimum atomic E-state index is -0.230. The van der Waals surface area contributed by atoms with E-state index in [0.717, 1.165) is 0 Å². The van der Waals surface area contributed by atoms with Gasteiger partial charge in [-0.1, -0.05) is 34.1 Å². The molecule has 2 aromatic heterocycles. The maximum atomic E-state index is 11.5. The highest BCUT2D eigenvalue weighted by Gasteiger charge is 2.10. The molecule has 0 aliphatic carbocycles. The highest BCUT2D eigenvalue weighted by molar-refractivity contribution is 5.73. The van der Waals surface area contributed by atoms with E-state index < -0.39 is 0 Å². The van der Waals surface area contributed by atoms with Crippen LogP contribution in [0.15, 0.2) is 11.1 Å². The van der Waals surface area contributed by atoms with Crippen molar-refractivity contribution in [2.45, 2.75) is 34.1 Å². The zero-order valence-corrected chi connectivity index (χ0v) is 12.9. The number of rotatable bonds is 3. The van der Waals surface area contributed by atoms with Crippen molar-refractivity contribution in [2.75, 3.05) is 18.5 Å². The average molecular weight is 283 g/mol. The zero-order valence-electron chi connectivity index (χ0n) is 12.9. The number of hydrogen-bond acceptors (Lipinski definition) is 5. The molecule has 114 valence electrons. The highest BCUT2D eigenvalue weighted by Crippen LogP contribution is 2.10. The molecule has 20 heavy (non-hydrogen) atoms. The second-order valence-electron chi connectivity index (χ2n) is 3.76. The van der Waals surface area contributed by atoms with Gasteiger partial charge in [0.2, 0.25) is 5.95 Å². The number of nitrogens with zero attached hydrogens (tertiary/aromatic N) is 3. The quantitative estimate of drug-likeness (QED) is 0.793. The van der Waals surface area contributed by atoms with Crippen LogP contribution in [0.3, 0.4) is 0 Å². The molecule has 2 heterocycles. The molecule has 3 N–H and O–H groups in total. The van der Waals surface area contributed by atoms with Crippen LogP contribution in [0.4, 0.5) is 5.95 Å². The first-order chi connectivity index (χ1) is 9.65. The van der Waals surface area contributed by atoms with Gasteiger partial charge in [-0.2, -0.15) is 4.98 Å². The normalized spacial score (nSPS) is 9.30. The van der Waals surface area contributed by atoms with Gasteiger partial charge >= 0.3 is 0 Å². The standard InChI is InChI=1S/C8H11N5O2.C3H8.C2H6/c1-13-5-6(10-4-11-7(5)15)12-8(13)9-2-3-14;1-3-2;1-2/h4,14H,2-3H2,1H3,(H2,9,10,11,12,15);3H2,1-2H3;1-2H3. The minimum Gasteiger partial charge on any atom is -0.395 e. The lowest BCUT2D eigenvalue weighted by molar-refractivity contribution is 0.310. The third-order valence-electron chi connectivity index (χ3n) is 2.07. The van der Waals surface area contributed by atoms with Crippen molar-refractivity contribution in [3.63, 3.8) is 0 Å². The molecular formula is C13H25N5O2. The Labute approximate surface area is 119 Å². The molecule has 0 atom stereocenters. The number of aromatic nitrogens is 4. The van der Waals surface area contributed by atoms with Gasteiger partial charge in [0.1, 0.15) is 0 Å². The maximum absolute atomic E-state index is 11.5.